The third-order valence-electron chi connectivity index (χ3n) is 4.28. The first-order valence-corrected chi connectivity index (χ1v) is 11.5. The zero-order valence-corrected chi connectivity index (χ0v) is 18.9. The highest BCUT2D eigenvalue weighted by atomic mass is 32.2. The standard InChI is InChI=1S/C19H22N4O3S3/c1-4-22(5-2)14(24)11-28-18-20-16-15(17(25)21-18)29-19(27)23(16)12-7-9-13(10-8-12)26-6-3/h7-10H,4-6,11H2,1-3H3,(H,20,21,25). The lowest BCUT2D eigenvalue weighted by Crippen LogP contribution is -2.32. The van der Waals surface area contributed by atoms with Crippen molar-refractivity contribution in [1.82, 2.24) is 19.4 Å². The number of fused-ring (bicyclic) bond motifs is 1. The molecular weight excluding hydrogens is 428 g/mol. The number of carbonyl (C=O) groups is 1. The molecule has 154 valence electrons. The summed E-state index contributed by atoms with van der Waals surface area (Å²) in [6, 6.07) is 7.48. The number of hydrogen-bond acceptors (Lipinski definition) is 7. The van der Waals surface area contributed by atoms with Crippen molar-refractivity contribution >= 4 is 51.6 Å². The fourth-order valence-corrected chi connectivity index (χ4v) is 4.88. The van der Waals surface area contributed by atoms with Gasteiger partial charge in [-0.05, 0) is 57.3 Å². The number of H-pyrrole nitrogens is 1. The van der Waals surface area contributed by atoms with Gasteiger partial charge in [0.1, 0.15) is 10.4 Å². The number of carbonyl (C=O) groups excluding carboxylic acids is 1. The van der Waals surface area contributed by atoms with Crippen LogP contribution in [0.15, 0.2) is 34.2 Å². The maximum absolute atomic E-state index is 12.6. The first-order valence-electron chi connectivity index (χ1n) is 9.28. The van der Waals surface area contributed by atoms with Gasteiger partial charge in [0.2, 0.25) is 5.91 Å². The van der Waals surface area contributed by atoms with E-state index in [1.165, 1.54) is 23.1 Å². The Hall–Kier alpha value is -2.17. The second-order valence-electron chi connectivity index (χ2n) is 6.01. The van der Waals surface area contributed by atoms with Crippen molar-refractivity contribution in [3.05, 3.63) is 38.6 Å². The van der Waals surface area contributed by atoms with Gasteiger partial charge < -0.3 is 14.6 Å². The molecule has 0 bridgehead atoms. The average molecular weight is 451 g/mol. The Morgan fingerprint density at radius 3 is 2.59 bits per heavy atom. The van der Waals surface area contributed by atoms with Crippen LogP contribution < -0.4 is 10.3 Å². The van der Waals surface area contributed by atoms with E-state index < -0.39 is 0 Å². The van der Waals surface area contributed by atoms with Gasteiger partial charge in [-0.2, -0.15) is 0 Å². The summed E-state index contributed by atoms with van der Waals surface area (Å²) in [6.45, 7) is 7.70. The maximum atomic E-state index is 12.6. The van der Waals surface area contributed by atoms with Crippen molar-refractivity contribution < 1.29 is 9.53 Å². The number of thioether (sulfide) groups is 1. The van der Waals surface area contributed by atoms with Crippen LogP contribution in [0.5, 0.6) is 5.75 Å². The van der Waals surface area contributed by atoms with Gasteiger partial charge in [-0.3, -0.25) is 14.2 Å². The highest BCUT2D eigenvalue weighted by Gasteiger charge is 2.16. The van der Waals surface area contributed by atoms with E-state index in [0.717, 1.165) is 11.4 Å². The van der Waals surface area contributed by atoms with Crippen molar-refractivity contribution in [2.45, 2.75) is 25.9 Å². The zero-order valence-electron chi connectivity index (χ0n) is 16.4. The van der Waals surface area contributed by atoms with Crippen LogP contribution in [0.1, 0.15) is 20.8 Å². The molecular formula is C19H22N4O3S3. The summed E-state index contributed by atoms with van der Waals surface area (Å²) in [5.41, 5.74) is 1.04. The highest BCUT2D eigenvalue weighted by Crippen LogP contribution is 2.26. The first-order chi connectivity index (χ1) is 14.0. The molecule has 0 spiro atoms. The second kappa shape index (κ2) is 9.55. The Morgan fingerprint density at radius 2 is 1.97 bits per heavy atom. The Labute approximate surface area is 181 Å². The van der Waals surface area contributed by atoms with Crippen molar-refractivity contribution in [3.8, 4) is 11.4 Å². The Morgan fingerprint density at radius 1 is 1.28 bits per heavy atom. The molecule has 0 unspecified atom stereocenters. The number of rotatable bonds is 8. The first kappa shape index (κ1) is 21.5. The highest BCUT2D eigenvalue weighted by molar-refractivity contribution is 7.99. The van der Waals surface area contributed by atoms with Gasteiger partial charge in [-0.1, -0.05) is 23.1 Å². The van der Waals surface area contributed by atoms with E-state index in [2.05, 4.69) is 9.97 Å². The zero-order chi connectivity index (χ0) is 21.0. The lowest BCUT2D eigenvalue weighted by molar-refractivity contribution is -0.127. The predicted octanol–water partition coefficient (Wildman–Crippen LogP) is 3.86. The molecule has 0 fully saturated rings. The van der Waals surface area contributed by atoms with Gasteiger partial charge in [-0.15, -0.1) is 0 Å². The molecule has 3 aromatic rings. The molecule has 3 rings (SSSR count). The summed E-state index contributed by atoms with van der Waals surface area (Å²) < 4.78 is 8.25. The van der Waals surface area contributed by atoms with Crippen LogP contribution in [-0.2, 0) is 4.79 Å². The molecule has 2 heterocycles. The van der Waals surface area contributed by atoms with Crippen molar-refractivity contribution in [2.75, 3.05) is 25.4 Å². The number of hydrogen-bond donors (Lipinski definition) is 1. The fourth-order valence-electron chi connectivity index (χ4n) is 2.85. The van der Waals surface area contributed by atoms with Gasteiger partial charge in [0, 0.05) is 18.8 Å². The van der Waals surface area contributed by atoms with Crippen LogP contribution in [0.25, 0.3) is 16.0 Å². The molecule has 1 aromatic carbocycles. The Bertz CT molecular complexity index is 1110. The predicted molar refractivity (Wildman–Crippen MR) is 120 cm³/mol. The number of aromatic nitrogens is 3. The minimum absolute atomic E-state index is 0.0106. The third-order valence-corrected chi connectivity index (χ3v) is 6.50. The van der Waals surface area contributed by atoms with Crippen LogP contribution >= 0.6 is 35.3 Å². The van der Waals surface area contributed by atoms with E-state index >= 15 is 0 Å². The third kappa shape index (κ3) is 4.71. The quantitative estimate of drug-likeness (QED) is 0.319. The van der Waals surface area contributed by atoms with Gasteiger partial charge in [-0.25, -0.2) is 4.98 Å². The van der Waals surface area contributed by atoms with Crippen LogP contribution in [0.4, 0.5) is 0 Å². The molecule has 0 radical (unpaired) electrons. The smallest absolute Gasteiger partial charge is 0.271 e. The largest absolute Gasteiger partial charge is 0.494 e. The van der Waals surface area contributed by atoms with Crippen molar-refractivity contribution in [2.24, 2.45) is 0 Å². The summed E-state index contributed by atoms with van der Waals surface area (Å²) >= 11 is 7.92. The van der Waals surface area contributed by atoms with E-state index in [9.17, 15) is 9.59 Å². The number of benzene rings is 1. The molecule has 10 heteroatoms. The molecule has 0 aliphatic rings. The number of aromatic amines is 1. The molecule has 2 aromatic heterocycles. The normalized spacial score (nSPS) is 11.0. The number of amides is 1. The Kier molecular flexibility index (Phi) is 7.09. The molecule has 7 nitrogen and oxygen atoms in total. The van der Waals surface area contributed by atoms with E-state index in [1.54, 1.807) is 9.47 Å². The van der Waals surface area contributed by atoms with Crippen LogP contribution in [-0.4, -0.2) is 50.8 Å². The molecule has 0 saturated heterocycles. The van der Waals surface area contributed by atoms with Gasteiger partial charge >= 0.3 is 0 Å². The van der Waals surface area contributed by atoms with Crippen molar-refractivity contribution in [3.63, 3.8) is 0 Å². The maximum Gasteiger partial charge on any atom is 0.271 e. The number of nitrogens with one attached hydrogen (secondary N) is 1. The molecule has 0 aliphatic heterocycles. The van der Waals surface area contributed by atoms with Gasteiger partial charge in [0.15, 0.2) is 14.8 Å². The van der Waals surface area contributed by atoms with E-state index in [1.807, 2.05) is 45.0 Å². The summed E-state index contributed by atoms with van der Waals surface area (Å²) in [6.07, 6.45) is 0. The SMILES string of the molecule is CCOc1ccc(-n2c(=S)sc3c(=O)[nH]c(SCC(=O)N(CC)CC)nc32)cc1. The molecule has 0 saturated carbocycles. The van der Waals surface area contributed by atoms with Gasteiger partial charge in [0.25, 0.3) is 5.56 Å². The summed E-state index contributed by atoms with van der Waals surface area (Å²) in [5.74, 6) is 0.986. The van der Waals surface area contributed by atoms with E-state index in [0.29, 0.717) is 39.2 Å². The lowest BCUT2D eigenvalue weighted by Gasteiger charge is -2.17. The second-order valence-corrected chi connectivity index (χ2v) is 8.62. The molecule has 0 atom stereocenters. The number of ether oxygens (including phenoxy) is 1. The van der Waals surface area contributed by atoms with E-state index in [4.69, 9.17) is 17.0 Å². The number of thiazole rings is 1. The molecule has 1 amide bonds. The van der Waals surface area contributed by atoms with Gasteiger partial charge in [0.05, 0.1) is 12.4 Å². The average Bonchev–Trinajstić information content (AvgIpc) is 3.05. The Balaban J connectivity index is 1.96. The number of nitrogens with zero attached hydrogens (tertiary/aromatic N) is 3. The molecule has 29 heavy (non-hydrogen) atoms. The minimum Gasteiger partial charge on any atom is -0.494 e. The summed E-state index contributed by atoms with van der Waals surface area (Å²) in [4.78, 5) is 33.9. The monoisotopic (exact) mass is 450 g/mol. The summed E-state index contributed by atoms with van der Waals surface area (Å²) in [5, 5.41) is 0.399. The molecule has 0 aliphatic carbocycles. The van der Waals surface area contributed by atoms with Crippen LogP contribution in [0.3, 0.4) is 0 Å². The fraction of sp³-hybridized carbons (Fsp3) is 0.368. The van der Waals surface area contributed by atoms with Crippen LogP contribution in [0.2, 0.25) is 0 Å². The van der Waals surface area contributed by atoms with E-state index in [-0.39, 0.29) is 17.2 Å². The topological polar surface area (TPSA) is 80.2 Å². The van der Waals surface area contributed by atoms with Crippen molar-refractivity contribution in [1.29, 1.82) is 0 Å². The molecule has 1 N–H and O–H groups in total. The minimum atomic E-state index is -0.256. The van der Waals surface area contributed by atoms with Crippen LogP contribution in [0, 0.1) is 3.95 Å². The lowest BCUT2D eigenvalue weighted by atomic mass is 10.3. The summed E-state index contributed by atoms with van der Waals surface area (Å²) in [7, 11) is 0.